The number of esters is 1. The molecule has 1 rings (SSSR count). The van der Waals surface area contributed by atoms with Crippen LogP contribution in [0.15, 0.2) is 36.4 Å². The molecule has 1 aromatic carbocycles. The second-order valence-corrected chi connectivity index (χ2v) is 7.30. The number of carbonyl (C=O) groups excluding carboxylic acids is 1. The maximum Gasteiger partial charge on any atom is 0.330 e. The number of alkyl halides is 3. The molecule has 0 unspecified atom stereocenters. The maximum absolute atomic E-state index is 11.6. The van der Waals surface area contributed by atoms with E-state index in [9.17, 15) is 4.79 Å². The summed E-state index contributed by atoms with van der Waals surface area (Å²) in [6.07, 6.45) is 1.20. The topological polar surface area (TPSA) is 77.8 Å². The van der Waals surface area contributed by atoms with Crippen LogP contribution in [0.5, 0.6) is 11.5 Å². The molecule has 0 bridgehead atoms. The third-order valence-corrected chi connectivity index (χ3v) is 3.58. The van der Waals surface area contributed by atoms with Gasteiger partial charge < -0.3 is 18.9 Å². The lowest BCUT2D eigenvalue weighted by atomic mass is 10.2. The van der Waals surface area contributed by atoms with Gasteiger partial charge in [-0.25, -0.2) is 4.79 Å². The first-order chi connectivity index (χ1) is 12.2. The van der Waals surface area contributed by atoms with Crippen molar-refractivity contribution in [2.45, 2.75) is 29.8 Å². The molecule has 9 heteroatoms. The molecular weight excluding hydrogens is 405 g/mol. The summed E-state index contributed by atoms with van der Waals surface area (Å²) in [6, 6.07) is 6.82. The second-order valence-electron chi connectivity index (χ2n) is 5.02. The van der Waals surface area contributed by atoms with E-state index in [2.05, 4.69) is 0 Å². The van der Waals surface area contributed by atoms with Gasteiger partial charge in [-0.3, -0.25) is 5.41 Å². The van der Waals surface area contributed by atoms with Crippen LogP contribution < -0.4 is 9.47 Å². The van der Waals surface area contributed by atoms with Gasteiger partial charge in [0.2, 0.25) is 5.90 Å². The molecule has 0 aliphatic carbocycles. The third kappa shape index (κ3) is 7.72. The highest BCUT2D eigenvalue weighted by Gasteiger charge is 2.32. The summed E-state index contributed by atoms with van der Waals surface area (Å²) in [4.78, 5) is 11.6. The summed E-state index contributed by atoms with van der Waals surface area (Å²) in [5, 5.41) is 7.67. The van der Waals surface area contributed by atoms with Gasteiger partial charge >= 0.3 is 5.97 Å². The van der Waals surface area contributed by atoms with Crippen LogP contribution in [0.2, 0.25) is 0 Å². The molecule has 26 heavy (non-hydrogen) atoms. The van der Waals surface area contributed by atoms with Crippen molar-refractivity contribution in [3.05, 3.63) is 36.4 Å². The molecule has 1 N–H and O–H groups in total. The van der Waals surface area contributed by atoms with Crippen LogP contribution in [0.4, 0.5) is 0 Å². The SMILES string of the molecule is CCOC(=O)/C=C\[C@@H](Oc1ccc(OC)cc1)[C@@H](C)OC(=N)C(Cl)(Cl)Cl. The number of carbonyl (C=O) groups is 1. The van der Waals surface area contributed by atoms with E-state index in [4.69, 9.17) is 59.2 Å². The molecule has 0 aliphatic heterocycles. The van der Waals surface area contributed by atoms with Crippen LogP contribution in [0.1, 0.15) is 13.8 Å². The Bertz CT molecular complexity index is 628. The van der Waals surface area contributed by atoms with Gasteiger partial charge in [0.05, 0.1) is 13.7 Å². The normalized spacial score (nSPS) is 13.8. The average Bonchev–Trinajstić information content (AvgIpc) is 2.58. The Balaban J connectivity index is 2.92. The third-order valence-electron chi connectivity index (χ3n) is 3.06. The first-order valence-corrected chi connectivity index (χ1v) is 8.78. The van der Waals surface area contributed by atoms with E-state index < -0.39 is 27.9 Å². The molecule has 144 valence electrons. The summed E-state index contributed by atoms with van der Waals surface area (Å²) < 4.78 is 19.1. The fourth-order valence-electron chi connectivity index (χ4n) is 1.79. The molecule has 6 nitrogen and oxygen atoms in total. The Morgan fingerprint density at radius 3 is 2.31 bits per heavy atom. The summed E-state index contributed by atoms with van der Waals surface area (Å²) in [6.45, 7) is 3.57. The van der Waals surface area contributed by atoms with Crippen molar-refractivity contribution in [2.75, 3.05) is 13.7 Å². The van der Waals surface area contributed by atoms with Crippen molar-refractivity contribution in [1.29, 1.82) is 5.41 Å². The lowest BCUT2D eigenvalue weighted by Gasteiger charge is -2.25. The molecular formula is C17H20Cl3NO5. The van der Waals surface area contributed by atoms with Crippen LogP contribution in [0.3, 0.4) is 0 Å². The van der Waals surface area contributed by atoms with E-state index >= 15 is 0 Å². The zero-order chi connectivity index (χ0) is 19.7. The van der Waals surface area contributed by atoms with Crippen LogP contribution in [-0.4, -0.2) is 41.6 Å². The fraction of sp³-hybridized carbons (Fsp3) is 0.412. The molecule has 0 saturated carbocycles. The lowest BCUT2D eigenvalue weighted by molar-refractivity contribution is -0.137. The van der Waals surface area contributed by atoms with Gasteiger partial charge in [0, 0.05) is 6.08 Å². The number of benzene rings is 1. The van der Waals surface area contributed by atoms with Gasteiger partial charge in [0.1, 0.15) is 17.6 Å². The van der Waals surface area contributed by atoms with Gasteiger partial charge in [-0.05, 0) is 44.2 Å². The quantitative estimate of drug-likeness (QED) is 0.221. The predicted octanol–water partition coefficient (Wildman–Crippen LogP) is 4.31. The van der Waals surface area contributed by atoms with Gasteiger partial charge in [-0.15, -0.1) is 0 Å². The zero-order valence-corrected chi connectivity index (χ0v) is 16.8. The minimum absolute atomic E-state index is 0.247. The number of halogens is 3. The van der Waals surface area contributed by atoms with Crippen molar-refractivity contribution in [2.24, 2.45) is 0 Å². The van der Waals surface area contributed by atoms with Gasteiger partial charge in [0.15, 0.2) is 6.10 Å². The Hall–Kier alpha value is -1.63. The van der Waals surface area contributed by atoms with Crippen molar-refractivity contribution in [1.82, 2.24) is 0 Å². The smallest absolute Gasteiger partial charge is 0.330 e. The van der Waals surface area contributed by atoms with E-state index in [0.29, 0.717) is 11.5 Å². The van der Waals surface area contributed by atoms with Gasteiger partial charge in [-0.1, -0.05) is 34.8 Å². The van der Waals surface area contributed by atoms with Crippen LogP contribution >= 0.6 is 34.8 Å². The van der Waals surface area contributed by atoms with Crippen molar-refractivity contribution in [3.63, 3.8) is 0 Å². The summed E-state index contributed by atoms with van der Waals surface area (Å²) >= 11 is 16.9. The monoisotopic (exact) mass is 423 g/mol. The highest BCUT2D eigenvalue weighted by atomic mass is 35.6. The van der Waals surface area contributed by atoms with E-state index in [-0.39, 0.29) is 6.61 Å². The largest absolute Gasteiger partial charge is 0.497 e. The van der Waals surface area contributed by atoms with Crippen molar-refractivity contribution < 1.29 is 23.7 Å². The first kappa shape index (κ1) is 22.4. The number of hydrogen-bond acceptors (Lipinski definition) is 6. The van der Waals surface area contributed by atoms with Crippen molar-refractivity contribution in [3.8, 4) is 11.5 Å². The number of hydrogen-bond donors (Lipinski definition) is 1. The average molecular weight is 425 g/mol. The standard InChI is InChI=1S/C17H20Cl3NO5/c1-4-24-15(22)10-9-14(11(2)25-16(21)17(18,19)20)26-13-7-5-12(23-3)6-8-13/h5-11,14,21H,4H2,1-3H3/b10-9-,21-16?/t11-,14-/m1/s1. The minimum atomic E-state index is -2.00. The molecule has 0 radical (unpaired) electrons. The maximum atomic E-state index is 11.6. The summed E-state index contributed by atoms with van der Waals surface area (Å²) in [7, 11) is 1.55. The Morgan fingerprint density at radius 2 is 1.81 bits per heavy atom. The Labute approximate surface area is 167 Å². The molecule has 0 aromatic heterocycles. The zero-order valence-electron chi connectivity index (χ0n) is 14.5. The Kier molecular flexibility index (Phi) is 9.05. The Morgan fingerprint density at radius 1 is 1.23 bits per heavy atom. The molecule has 0 heterocycles. The molecule has 0 fully saturated rings. The summed E-state index contributed by atoms with van der Waals surface area (Å²) in [5.74, 6) is 0.0840. The van der Waals surface area contributed by atoms with Crippen LogP contribution in [0.25, 0.3) is 0 Å². The van der Waals surface area contributed by atoms with E-state index in [1.807, 2.05) is 0 Å². The second kappa shape index (κ2) is 10.5. The molecule has 0 aliphatic rings. The van der Waals surface area contributed by atoms with Gasteiger partial charge in [0.25, 0.3) is 3.79 Å². The van der Waals surface area contributed by atoms with Crippen molar-refractivity contribution >= 4 is 46.7 Å². The highest BCUT2D eigenvalue weighted by molar-refractivity contribution is 6.76. The lowest BCUT2D eigenvalue weighted by Crippen LogP contribution is -2.35. The summed E-state index contributed by atoms with van der Waals surface area (Å²) in [5.41, 5.74) is 0. The molecule has 0 spiro atoms. The van der Waals surface area contributed by atoms with E-state index in [1.54, 1.807) is 45.2 Å². The van der Waals surface area contributed by atoms with Gasteiger partial charge in [-0.2, -0.15) is 0 Å². The fourth-order valence-corrected chi connectivity index (χ4v) is 1.92. The van der Waals surface area contributed by atoms with E-state index in [1.165, 1.54) is 12.2 Å². The predicted molar refractivity (Wildman–Crippen MR) is 102 cm³/mol. The minimum Gasteiger partial charge on any atom is -0.497 e. The molecule has 2 atom stereocenters. The van der Waals surface area contributed by atoms with Crippen LogP contribution in [-0.2, 0) is 14.3 Å². The number of methoxy groups -OCH3 is 1. The molecule has 0 amide bonds. The van der Waals surface area contributed by atoms with E-state index in [0.717, 1.165) is 0 Å². The molecule has 0 saturated heterocycles. The van der Waals surface area contributed by atoms with Crippen LogP contribution in [0, 0.1) is 5.41 Å². The first-order valence-electron chi connectivity index (χ1n) is 7.65. The highest BCUT2D eigenvalue weighted by Crippen LogP contribution is 2.29. The number of ether oxygens (including phenoxy) is 4. The number of nitrogens with one attached hydrogen (secondary N) is 1. The molecule has 1 aromatic rings. The number of rotatable bonds is 8.